The number of terminal acetylenes is 1. The van der Waals surface area contributed by atoms with E-state index in [1.807, 2.05) is 20.8 Å². The minimum absolute atomic E-state index is 0.0556. The zero-order chi connectivity index (χ0) is 29.1. The zero-order valence-electron chi connectivity index (χ0n) is 23.1. The first-order valence-corrected chi connectivity index (χ1v) is 13.6. The maximum atomic E-state index is 16.4. The van der Waals surface area contributed by atoms with Gasteiger partial charge in [0.25, 0.3) is 0 Å². The summed E-state index contributed by atoms with van der Waals surface area (Å²) in [5.74, 6) is 1.05. The van der Waals surface area contributed by atoms with Crippen molar-refractivity contribution in [1.29, 1.82) is 0 Å². The second-order valence-electron chi connectivity index (χ2n) is 11.9. The highest BCUT2D eigenvalue weighted by Crippen LogP contribution is 2.41. The number of aromatic nitrogens is 3. The highest BCUT2D eigenvalue weighted by molar-refractivity contribution is 6.03. The van der Waals surface area contributed by atoms with Crippen molar-refractivity contribution in [2.45, 2.75) is 57.3 Å². The van der Waals surface area contributed by atoms with Crippen LogP contribution in [0.25, 0.3) is 32.9 Å². The number of benzene rings is 2. The van der Waals surface area contributed by atoms with E-state index in [-0.39, 0.29) is 46.1 Å². The van der Waals surface area contributed by atoms with Gasteiger partial charge in [0.2, 0.25) is 0 Å². The molecule has 2 aromatic carbocycles. The van der Waals surface area contributed by atoms with Gasteiger partial charge in [0.1, 0.15) is 41.4 Å². The average Bonchev–Trinajstić information content (AvgIpc) is 3.42. The van der Waals surface area contributed by atoms with Crippen molar-refractivity contribution >= 4 is 27.5 Å². The van der Waals surface area contributed by atoms with Gasteiger partial charge in [-0.1, -0.05) is 12.0 Å². The number of anilines is 1. The van der Waals surface area contributed by atoms with Crippen molar-refractivity contribution in [1.82, 2.24) is 19.9 Å². The number of alkyl halides is 1. The summed E-state index contributed by atoms with van der Waals surface area (Å²) in [5, 5.41) is 14.7. The van der Waals surface area contributed by atoms with E-state index >= 15 is 4.39 Å². The fraction of sp³-hybridized carbons (Fsp3) is 0.387. The fourth-order valence-corrected chi connectivity index (χ4v) is 6.14. The number of nitrogens with zero attached hydrogens (tertiary/aromatic N) is 4. The zero-order valence-corrected chi connectivity index (χ0v) is 23.1. The number of hydrogen-bond acceptors (Lipinski definition) is 7. The van der Waals surface area contributed by atoms with E-state index in [0.717, 1.165) is 19.4 Å². The largest absolute Gasteiger partial charge is 0.508 e. The third kappa shape index (κ3) is 4.78. The molecule has 0 bridgehead atoms. The van der Waals surface area contributed by atoms with Crippen LogP contribution in [0.5, 0.6) is 11.8 Å². The minimum atomic E-state index is -0.921. The van der Waals surface area contributed by atoms with Gasteiger partial charge in [-0.05, 0) is 63.7 Å². The summed E-state index contributed by atoms with van der Waals surface area (Å²) in [5.41, 5.74) is -1.06. The second-order valence-corrected chi connectivity index (χ2v) is 11.9. The molecule has 2 aliphatic heterocycles. The van der Waals surface area contributed by atoms with Crippen molar-refractivity contribution in [2.75, 3.05) is 25.0 Å². The van der Waals surface area contributed by atoms with Crippen LogP contribution < -0.4 is 10.1 Å². The van der Waals surface area contributed by atoms with Crippen LogP contribution in [0.4, 0.5) is 19.0 Å². The lowest BCUT2D eigenvalue weighted by Gasteiger charge is -2.31. The average molecular weight is 562 g/mol. The highest BCUT2D eigenvalue weighted by atomic mass is 19.1. The topological polar surface area (TPSA) is 83.4 Å². The maximum Gasteiger partial charge on any atom is 0.319 e. The van der Waals surface area contributed by atoms with Gasteiger partial charge in [0.15, 0.2) is 5.82 Å². The van der Waals surface area contributed by atoms with E-state index in [9.17, 15) is 13.9 Å². The first kappa shape index (κ1) is 27.1. The predicted molar refractivity (Wildman–Crippen MR) is 152 cm³/mol. The fourth-order valence-electron chi connectivity index (χ4n) is 6.14. The van der Waals surface area contributed by atoms with Crippen LogP contribution in [0.2, 0.25) is 0 Å². The van der Waals surface area contributed by atoms with Crippen LogP contribution in [0.15, 0.2) is 30.5 Å². The number of phenols is 1. The molecule has 2 N–H and O–H groups in total. The molecule has 0 amide bonds. The van der Waals surface area contributed by atoms with Gasteiger partial charge in [-0.3, -0.25) is 9.88 Å². The molecule has 6 rings (SSSR count). The molecule has 0 unspecified atom stereocenters. The molecule has 2 fully saturated rings. The van der Waals surface area contributed by atoms with E-state index in [1.165, 1.54) is 30.5 Å². The van der Waals surface area contributed by atoms with Gasteiger partial charge in [0, 0.05) is 35.7 Å². The number of nitrogens with one attached hydrogen (secondary N) is 1. The Morgan fingerprint density at radius 2 is 2.05 bits per heavy atom. The van der Waals surface area contributed by atoms with E-state index in [0.29, 0.717) is 29.6 Å². The summed E-state index contributed by atoms with van der Waals surface area (Å²) in [6.45, 7) is 7.16. The minimum Gasteiger partial charge on any atom is -0.508 e. The highest BCUT2D eigenvalue weighted by Gasteiger charge is 2.49. The Bertz CT molecular complexity index is 1730. The number of pyridine rings is 1. The van der Waals surface area contributed by atoms with Gasteiger partial charge in [-0.15, -0.1) is 6.42 Å². The lowest BCUT2D eigenvalue weighted by Crippen LogP contribution is -2.43. The van der Waals surface area contributed by atoms with Gasteiger partial charge in [0.05, 0.1) is 16.5 Å². The third-order valence-electron chi connectivity index (χ3n) is 7.84. The van der Waals surface area contributed by atoms with Gasteiger partial charge in [-0.2, -0.15) is 9.97 Å². The van der Waals surface area contributed by atoms with Gasteiger partial charge < -0.3 is 15.2 Å². The molecule has 4 heterocycles. The summed E-state index contributed by atoms with van der Waals surface area (Å²) < 4.78 is 51.5. The SMILES string of the molecule is C#Cc1c(F)ccc2cc(O)cc(-c3ncc4c(NC(C)(C)C)nc(OC[C@@]56CCCN5C[C@H](F)C6)nc4c3F)c12. The lowest BCUT2D eigenvalue weighted by molar-refractivity contribution is 0.107. The summed E-state index contributed by atoms with van der Waals surface area (Å²) in [6.07, 6.45) is 8.25. The molecule has 0 radical (unpaired) electrons. The summed E-state index contributed by atoms with van der Waals surface area (Å²) in [4.78, 5) is 15.5. The number of fused-ring (bicyclic) bond motifs is 3. The molecule has 41 heavy (non-hydrogen) atoms. The molecular weight excluding hydrogens is 531 g/mol. The van der Waals surface area contributed by atoms with E-state index in [4.69, 9.17) is 11.2 Å². The van der Waals surface area contributed by atoms with Crippen molar-refractivity contribution in [3.63, 3.8) is 0 Å². The van der Waals surface area contributed by atoms with Crippen molar-refractivity contribution in [3.8, 4) is 35.4 Å². The van der Waals surface area contributed by atoms with Crippen LogP contribution in [-0.4, -0.2) is 61.9 Å². The number of halogens is 3. The maximum absolute atomic E-state index is 16.4. The Morgan fingerprint density at radius 3 is 2.80 bits per heavy atom. The molecular formula is C31H30F3N5O2. The van der Waals surface area contributed by atoms with Crippen molar-refractivity contribution in [3.05, 3.63) is 47.7 Å². The number of phenolic OH excluding ortho intramolecular Hbond substituents is 1. The number of rotatable bonds is 5. The summed E-state index contributed by atoms with van der Waals surface area (Å²) in [6, 6.07) is 5.33. The van der Waals surface area contributed by atoms with Gasteiger partial charge >= 0.3 is 6.01 Å². The number of hydrogen-bond donors (Lipinski definition) is 2. The van der Waals surface area contributed by atoms with Crippen molar-refractivity contribution in [2.24, 2.45) is 0 Å². The first-order valence-electron chi connectivity index (χ1n) is 13.6. The standard InChI is InChI=1S/C31H30F3N5O2/c1-5-20-23(33)8-7-17-11-19(40)12-21(24(17)20)26-25(34)27-22(14-35-26)28(38-30(2,3)4)37-29(36-27)41-16-31-9-6-10-39(31)15-18(32)13-31/h1,7-8,11-12,14,18,40H,6,9-10,13,15-16H2,2-4H3,(H,36,37,38)/t18-,31+/m1/s1. The normalized spacial score (nSPS) is 20.9. The first-order chi connectivity index (χ1) is 19.5. The Hall–Kier alpha value is -4.10. The summed E-state index contributed by atoms with van der Waals surface area (Å²) >= 11 is 0. The monoisotopic (exact) mass is 561 g/mol. The molecule has 212 valence electrons. The Kier molecular flexibility index (Phi) is 6.46. The number of aromatic hydroxyl groups is 1. The van der Waals surface area contributed by atoms with E-state index < -0.39 is 28.9 Å². The second kappa shape index (κ2) is 9.77. The summed E-state index contributed by atoms with van der Waals surface area (Å²) in [7, 11) is 0. The quantitative estimate of drug-likeness (QED) is 0.290. The molecule has 10 heteroatoms. The molecule has 7 nitrogen and oxygen atoms in total. The van der Waals surface area contributed by atoms with E-state index in [1.54, 1.807) is 0 Å². The molecule has 2 atom stereocenters. The smallest absolute Gasteiger partial charge is 0.319 e. The molecule has 0 aliphatic carbocycles. The predicted octanol–water partition coefficient (Wildman–Crippen LogP) is 5.98. The van der Waals surface area contributed by atoms with Crippen LogP contribution in [0.3, 0.4) is 0 Å². The van der Waals surface area contributed by atoms with Crippen LogP contribution >= 0.6 is 0 Å². The number of ether oxygens (including phenoxy) is 1. The molecule has 0 saturated carbocycles. The van der Waals surface area contributed by atoms with Crippen LogP contribution in [0, 0.1) is 24.0 Å². The Balaban J connectivity index is 1.50. The Morgan fingerprint density at radius 1 is 1.24 bits per heavy atom. The Labute approximate surface area is 235 Å². The lowest BCUT2D eigenvalue weighted by atomic mass is 9.95. The molecule has 0 spiro atoms. The molecule has 2 saturated heterocycles. The third-order valence-corrected chi connectivity index (χ3v) is 7.84. The van der Waals surface area contributed by atoms with Crippen LogP contribution in [0.1, 0.15) is 45.6 Å². The van der Waals surface area contributed by atoms with E-state index in [2.05, 4.69) is 31.1 Å². The van der Waals surface area contributed by atoms with Gasteiger partial charge in [-0.25, -0.2) is 13.2 Å². The molecule has 2 aliphatic rings. The molecule has 4 aromatic rings. The van der Waals surface area contributed by atoms with Crippen molar-refractivity contribution < 1.29 is 23.0 Å². The van der Waals surface area contributed by atoms with Crippen LogP contribution in [-0.2, 0) is 0 Å². The molecule has 2 aromatic heterocycles.